The van der Waals surface area contributed by atoms with Crippen molar-refractivity contribution in [3.8, 4) is 0 Å². The first-order valence-corrected chi connectivity index (χ1v) is 18.7. The minimum Gasteiger partial charge on any atom is -0.367 e. The van der Waals surface area contributed by atoms with E-state index in [0.717, 1.165) is 42.9 Å². The van der Waals surface area contributed by atoms with Crippen LogP contribution in [-0.4, -0.2) is 88.9 Å². The molecule has 3 amide bonds. The summed E-state index contributed by atoms with van der Waals surface area (Å²) >= 11 is 0. The Morgan fingerprint density at radius 3 is 2.50 bits per heavy atom. The third kappa shape index (κ3) is 6.70. The number of rotatable bonds is 9. The predicted octanol–water partition coefficient (Wildman–Crippen LogP) is 4.36. The predicted molar refractivity (Wildman–Crippen MR) is 195 cm³/mol. The summed E-state index contributed by atoms with van der Waals surface area (Å²) in [4.78, 5) is 59.1. The van der Waals surface area contributed by atoms with Gasteiger partial charge in [-0.1, -0.05) is 0 Å². The Balaban J connectivity index is 0.890. The lowest BCUT2D eigenvalue weighted by Gasteiger charge is -2.40. The summed E-state index contributed by atoms with van der Waals surface area (Å²) in [5.74, 6) is -3.18. The topological polar surface area (TPSA) is 157 Å². The summed E-state index contributed by atoms with van der Waals surface area (Å²) in [6.45, 7) is 1.72. The number of aromatic nitrogens is 7. The van der Waals surface area contributed by atoms with E-state index in [1.54, 1.807) is 16.9 Å². The molecule has 2 aliphatic heterocycles. The van der Waals surface area contributed by atoms with Crippen LogP contribution in [0.2, 0.25) is 0 Å². The molecule has 5 aromatic rings. The van der Waals surface area contributed by atoms with Crippen LogP contribution in [0.1, 0.15) is 85.9 Å². The van der Waals surface area contributed by atoms with Crippen LogP contribution in [0.5, 0.6) is 0 Å². The Labute approximate surface area is 317 Å². The van der Waals surface area contributed by atoms with Crippen LogP contribution in [0.4, 0.5) is 28.9 Å². The van der Waals surface area contributed by atoms with E-state index in [4.69, 9.17) is 0 Å². The van der Waals surface area contributed by atoms with Crippen molar-refractivity contribution < 1.29 is 31.9 Å². The Hall–Kier alpha value is -5.59. The van der Waals surface area contributed by atoms with Gasteiger partial charge in [-0.15, -0.1) is 0 Å². The summed E-state index contributed by atoms with van der Waals surface area (Å²) in [6, 6.07) is 1.40. The fraction of sp³-hybridized carbons (Fsp3) is 0.486. The highest BCUT2D eigenvalue weighted by Crippen LogP contribution is 2.38. The van der Waals surface area contributed by atoms with Crippen molar-refractivity contribution in [2.24, 2.45) is 13.0 Å². The van der Waals surface area contributed by atoms with E-state index in [0.29, 0.717) is 37.5 Å². The Bertz CT molecular complexity index is 2390. The first kappa shape index (κ1) is 37.3. The molecule has 0 bridgehead atoms. The van der Waals surface area contributed by atoms with Crippen molar-refractivity contribution in [1.29, 1.82) is 0 Å². The SMILES string of the molecule is CN(C[C@H]1CC[C@H](n2cc(NC(=O)c3cnn4cccnc34)c(C(F)F)n2)CC1)C1CCN(c2c(F)cc(F)c3c2n(C)c(=O)n3C2CCC(=O)NC2=O)CC1. The van der Waals surface area contributed by atoms with Crippen LogP contribution >= 0.6 is 0 Å². The van der Waals surface area contributed by atoms with E-state index in [1.807, 2.05) is 4.90 Å². The number of carbonyl (C=O) groups excluding carboxylic acids is 3. The van der Waals surface area contributed by atoms with Gasteiger partial charge in [-0.3, -0.25) is 33.5 Å². The van der Waals surface area contributed by atoms with E-state index in [1.165, 1.54) is 34.7 Å². The third-order valence-electron chi connectivity index (χ3n) is 11.6. The average molecular weight is 780 g/mol. The molecule has 0 spiro atoms. The summed E-state index contributed by atoms with van der Waals surface area (Å²) in [7, 11) is 3.48. The number of halogens is 4. The minimum absolute atomic E-state index is 0.00369. The Kier molecular flexibility index (Phi) is 9.88. The number of hydrogen-bond donors (Lipinski definition) is 2. The normalized spacial score (nSPS) is 21.1. The van der Waals surface area contributed by atoms with E-state index >= 15 is 8.78 Å². The van der Waals surface area contributed by atoms with Crippen molar-refractivity contribution in [3.05, 3.63) is 70.3 Å². The van der Waals surface area contributed by atoms with Gasteiger partial charge >= 0.3 is 5.69 Å². The molecule has 19 heteroatoms. The van der Waals surface area contributed by atoms with E-state index in [-0.39, 0.29) is 52.9 Å². The lowest BCUT2D eigenvalue weighted by Crippen LogP contribution is -2.45. The molecular formula is C37H41F4N11O4. The van der Waals surface area contributed by atoms with E-state index in [2.05, 4.69) is 37.8 Å². The number of fused-ring (bicyclic) bond motifs is 2. The number of alkyl halides is 2. The first-order valence-electron chi connectivity index (χ1n) is 18.7. The zero-order chi connectivity index (χ0) is 39.4. The van der Waals surface area contributed by atoms with Gasteiger partial charge in [-0.2, -0.15) is 10.2 Å². The monoisotopic (exact) mass is 779 g/mol. The van der Waals surface area contributed by atoms with Gasteiger partial charge in [0.25, 0.3) is 12.3 Å². The van der Waals surface area contributed by atoms with Crippen LogP contribution in [0.3, 0.4) is 0 Å². The quantitative estimate of drug-likeness (QED) is 0.164. The summed E-state index contributed by atoms with van der Waals surface area (Å²) < 4.78 is 64.3. The number of imidazole rings is 1. The molecule has 296 valence electrons. The van der Waals surface area contributed by atoms with Gasteiger partial charge in [0.1, 0.15) is 17.1 Å². The van der Waals surface area contributed by atoms with Crippen molar-refractivity contribution in [3.63, 3.8) is 0 Å². The van der Waals surface area contributed by atoms with E-state index in [9.17, 15) is 28.0 Å². The number of piperidine rings is 2. The number of amides is 3. The molecule has 15 nitrogen and oxygen atoms in total. The highest BCUT2D eigenvalue weighted by molar-refractivity contribution is 6.08. The number of aryl methyl sites for hydroxylation is 1. The third-order valence-corrected chi connectivity index (χ3v) is 11.6. The minimum atomic E-state index is -2.89. The van der Waals surface area contributed by atoms with Gasteiger partial charge < -0.3 is 15.1 Å². The number of anilines is 2. The van der Waals surface area contributed by atoms with Crippen molar-refractivity contribution >= 4 is 45.8 Å². The molecule has 0 radical (unpaired) electrons. The van der Waals surface area contributed by atoms with Gasteiger partial charge in [0.2, 0.25) is 11.8 Å². The van der Waals surface area contributed by atoms with Gasteiger partial charge in [-0.05, 0) is 64.0 Å². The zero-order valence-corrected chi connectivity index (χ0v) is 30.8. The number of hydrogen-bond acceptors (Lipinski definition) is 9. The Morgan fingerprint density at radius 1 is 1.04 bits per heavy atom. The van der Waals surface area contributed by atoms with Crippen LogP contribution in [0, 0.1) is 17.6 Å². The van der Waals surface area contributed by atoms with Gasteiger partial charge in [0.05, 0.1) is 29.1 Å². The summed E-state index contributed by atoms with van der Waals surface area (Å²) in [5.41, 5.74) is -0.748. The van der Waals surface area contributed by atoms with Crippen molar-refractivity contribution in [2.45, 2.75) is 75.9 Å². The molecule has 6 heterocycles. The van der Waals surface area contributed by atoms with Crippen molar-refractivity contribution in [1.82, 2.24) is 43.7 Å². The van der Waals surface area contributed by atoms with Crippen LogP contribution < -0.4 is 21.2 Å². The number of nitrogens with zero attached hydrogens (tertiary/aromatic N) is 9. The second kappa shape index (κ2) is 14.8. The van der Waals surface area contributed by atoms with Crippen LogP contribution in [0.15, 0.2) is 41.7 Å². The van der Waals surface area contributed by atoms with Gasteiger partial charge in [0.15, 0.2) is 23.0 Å². The molecule has 2 saturated heterocycles. The molecule has 3 aliphatic rings. The molecule has 1 unspecified atom stereocenters. The standard InChI is InChI=1S/C37H41F4N11O4/c1-47(18-20-4-6-22(7-5-20)51-19-26(29(46-51)33(40)41)44-35(54)23-17-43-50-13-3-12-42-34(23)50)21-10-14-49(15-11-21)30-24(38)16-25(39)31-32(30)48(2)37(56)52(31)27-8-9-28(53)45-36(27)55/h3,12-13,16-17,19-22,27,33H,4-11,14-15,18H2,1-2H3,(H,44,54)(H,45,53,55)/t20-,22-,27?. The lowest BCUT2D eigenvalue weighted by molar-refractivity contribution is -0.135. The van der Waals surface area contributed by atoms with E-state index < -0.39 is 53.2 Å². The molecule has 8 rings (SSSR count). The van der Waals surface area contributed by atoms with Crippen LogP contribution in [-0.2, 0) is 16.6 Å². The number of carbonyl (C=O) groups is 3. The Morgan fingerprint density at radius 2 is 1.79 bits per heavy atom. The molecule has 1 aliphatic carbocycles. The molecule has 2 N–H and O–H groups in total. The lowest BCUT2D eigenvalue weighted by atomic mass is 9.85. The molecule has 1 saturated carbocycles. The smallest absolute Gasteiger partial charge is 0.329 e. The highest BCUT2D eigenvalue weighted by atomic mass is 19.3. The fourth-order valence-corrected chi connectivity index (χ4v) is 8.71. The first-order chi connectivity index (χ1) is 26.9. The molecule has 4 aromatic heterocycles. The second-order valence-corrected chi connectivity index (χ2v) is 15.0. The van der Waals surface area contributed by atoms with Gasteiger partial charge in [-0.25, -0.2) is 31.9 Å². The molecule has 56 heavy (non-hydrogen) atoms. The highest BCUT2D eigenvalue weighted by Gasteiger charge is 2.36. The maximum absolute atomic E-state index is 15.6. The second-order valence-electron chi connectivity index (χ2n) is 15.0. The van der Waals surface area contributed by atoms with Gasteiger partial charge in [0, 0.05) is 63.8 Å². The maximum atomic E-state index is 15.6. The average Bonchev–Trinajstić information content (AvgIpc) is 3.87. The maximum Gasteiger partial charge on any atom is 0.329 e. The summed E-state index contributed by atoms with van der Waals surface area (Å²) in [6.07, 6.45) is 7.63. The fourth-order valence-electron chi connectivity index (χ4n) is 8.71. The molecule has 1 atom stereocenters. The molecule has 3 fully saturated rings. The summed E-state index contributed by atoms with van der Waals surface area (Å²) in [5, 5.41) is 13.1. The zero-order valence-electron chi connectivity index (χ0n) is 30.8. The largest absolute Gasteiger partial charge is 0.367 e. The number of imide groups is 1. The number of nitrogens with one attached hydrogen (secondary N) is 2. The molecular weight excluding hydrogens is 738 g/mol. The number of benzene rings is 1. The van der Waals surface area contributed by atoms with Crippen molar-refractivity contribution in [2.75, 3.05) is 36.9 Å². The molecule has 1 aromatic carbocycles. The van der Waals surface area contributed by atoms with Crippen LogP contribution in [0.25, 0.3) is 16.7 Å².